The molecule has 3 aliphatic rings. The molecule has 0 aliphatic carbocycles. The van der Waals surface area contributed by atoms with E-state index in [1.807, 2.05) is 53.1 Å². The average molecular weight is 720 g/mol. The van der Waals surface area contributed by atoms with Gasteiger partial charge >= 0.3 is 12.1 Å². The molecule has 0 radical (unpaired) electrons. The van der Waals surface area contributed by atoms with Gasteiger partial charge in [-0.3, -0.25) is 4.79 Å². The van der Waals surface area contributed by atoms with Crippen molar-refractivity contribution >= 4 is 55.6 Å². The van der Waals surface area contributed by atoms with Gasteiger partial charge in [0.15, 0.2) is 0 Å². The molecule has 2 aromatic carbocycles. The number of fused-ring (bicyclic) bond motifs is 1. The number of anilines is 1. The Morgan fingerprint density at radius 1 is 1.05 bits per heavy atom. The molecule has 2 saturated heterocycles. The molecule has 11 heteroatoms. The molecule has 0 saturated carbocycles. The fourth-order valence-electron chi connectivity index (χ4n) is 6.91. The van der Waals surface area contributed by atoms with Gasteiger partial charge in [-0.25, -0.2) is 9.59 Å². The molecule has 9 nitrogen and oxygen atoms in total. The number of hydrogen-bond donors (Lipinski definition) is 2. The first-order chi connectivity index (χ1) is 20.5. The number of benzene rings is 2. The van der Waals surface area contributed by atoms with E-state index in [1.165, 1.54) is 4.90 Å². The maximum absolute atomic E-state index is 14.4. The van der Waals surface area contributed by atoms with Crippen molar-refractivity contribution in [1.29, 1.82) is 0 Å². The Kier molecular flexibility index (Phi) is 10.0. The lowest BCUT2D eigenvalue weighted by molar-refractivity contribution is -0.140. The lowest BCUT2D eigenvalue weighted by atomic mass is 9.82. The summed E-state index contributed by atoms with van der Waals surface area (Å²) in [6.45, 7) is 4.12. The fourth-order valence-corrected chi connectivity index (χ4v) is 8.19. The predicted octanol–water partition coefficient (Wildman–Crippen LogP) is 5.83. The molecule has 0 bridgehead atoms. The number of piperidine rings is 2. The molecule has 2 aromatic rings. The highest BCUT2D eigenvalue weighted by Crippen LogP contribution is 2.34. The largest absolute Gasteiger partial charge is 0.465 e. The highest BCUT2D eigenvalue weighted by Gasteiger charge is 2.44. The maximum Gasteiger partial charge on any atom is 0.407 e. The van der Waals surface area contributed by atoms with Gasteiger partial charge in [-0.05, 0) is 94.4 Å². The highest BCUT2D eigenvalue weighted by atomic mass is 79.9. The van der Waals surface area contributed by atoms with E-state index in [4.69, 9.17) is 0 Å². The second kappa shape index (κ2) is 13.6. The van der Waals surface area contributed by atoms with Crippen LogP contribution in [-0.4, -0.2) is 101 Å². The van der Waals surface area contributed by atoms with E-state index in [0.717, 1.165) is 44.2 Å². The summed E-state index contributed by atoms with van der Waals surface area (Å²) in [4.78, 5) is 47.9. The van der Waals surface area contributed by atoms with Crippen LogP contribution in [0, 0.1) is 12.8 Å². The van der Waals surface area contributed by atoms with Crippen molar-refractivity contribution in [2.24, 2.45) is 5.92 Å². The van der Waals surface area contributed by atoms with E-state index in [9.17, 15) is 19.5 Å². The molecule has 2 fully saturated rings. The molecule has 3 aliphatic heterocycles. The summed E-state index contributed by atoms with van der Waals surface area (Å²) in [5.74, 6) is -0.585. The lowest BCUT2D eigenvalue weighted by Crippen LogP contribution is -2.59. The summed E-state index contributed by atoms with van der Waals surface area (Å²) in [7, 11) is 4.14. The number of rotatable bonds is 6. The smallest absolute Gasteiger partial charge is 0.407 e. The maximum atomic E-state index is 14.4. The third-order valence-corrected chi connectivity index (χ3v) is 11.2. The Hall–Kier alpha value is -2.63. The third kappa shape index (κ3) is 7.04. The van der Waals surface area contributed by atoms with Crippen LogP contribution in [0.25, 0.3) is 0 Å². The van der Waals surface area contributed by atoms with Crippen molar-refractivity contribution in [1.82, 2.24) is 19.6 Å². The van der Waals surface area contributed by atoms with Crippen LogP contribution in [0.3, 0.4) is 0 Å². The van der Waals surface area contributed by atoms with Gasteiger partial charge < -0.3 is 30.0 Å². The van der Waals surface area contributed by atoms with Gasteiger partial charge in [0.2, 0.25) is 5.91 Å². The van der Waals surface area contributed by atoms with Crippen molar-refractivity contribution in [3.63, 3.8) is 0 Å². The van der Waals surface area contributed by atoms with Gasteiger partial charge in [0, 0.05) is 58.9 Å². The highest BCUT2D eigenvalue weighted by molar-refractivity contribution is 9.11. The first-order valence-corrected chi connectivity index (χ1v) is 16.7. The predicted molar refractivity (Wildman–Crippen MR) is 174 cm³/mol. The van der Waals surface area contributed by atoms with Gasteiger partial charge in [-0.1, -0.05) is 50.1 Å². The van der Waals surface area contributed by atoms with Crippen molar-refractivity contribution in [3.05, 3.63) is 62.0 Å². The summed E-state index contributed by atoms with van der Waals surface area (Å²) in [6, 6.07) is 11.4. The molecule has 232 valence electrons. The number of carbonyl (C=O) groups is 3. The van der Waals surface area contributed by atoms with Crippen LogP contribution in [0.15, 0.2) is 45.3 Å². The van der Waals surface area contributed by atoms with Crippen molar-refractivity contribution in [2.45, 2.75) is 63.6 Å². The molecule has 2 unspecified atom stereocenters. The Labute approximate surface area is 270 Å². The second-order valence-corrected chi connectivity index (χ2v) is 14.0. The molecule has 3 atom stereocenters. The molecule has 2 N–H and O–H groups in total. The molecule has 0 aromatic heterocycles. The molecular weight excluding hydrogens is 678 g/mol. The van der Waals surface area contributed by atoms with E-state index in [-0.39, 0.29) is 24.5 Å². The van der Waals surface area contributed by atoms with E-state index >= 15 is 0 Å². The summed E-state index contributed by atoms with van der Waals surface area (Å²) in [5.41, 5.74) is 3.93. The number of carbonyl (C=O) groups excluding carboxylic acids is 2. The fraction of sp³-hybridized carbons (Fsp3) is 0.531. The number of para-hydroxylation sites is 1. The molecule has 0 spiro atoms. The van der Waals surface area contributed by atoms with Crippen molar-refractivity contribution < 1.29 is 19.5 Å². The number of nitrogens with zero attached hydrogens (tertiary/aromatic N) is 4. The summed E-state index contributed by atoms with van der Waals surface area (Å²) < 4.78 is 1.87. The number of amides is 4. The van der Waals surface area contributed by atoms with Crippen LogP contribution in [0.2, 0.25) is 0 Å². The molecule has 4 amide bonds. The number of hydrogen-bond acceptors (Lipinski definition) is 4. The number of likely N-dealkylation sites (tertiary alicyclic amines) is 2. The van der Waals surface area contributed by atoms with E-state index in [2.05, 4.69) is 56.2 Å². The van der Waals surface area contributed by atoms with E-state index in [0.29, 0.717) is 51.4 Å². The average Bonchev–Trinajstić information content (AvgIpc) is 3.16. The van der Waals surface area contributed by atoms with Crippen LogP contribution >= 0.6 is 31.9 Å². The standard InChI is InChI=1S/C32H41Br2N5O4/c1-20-26(33)17-21(18-27(20)34)16-25(30(40)37-12-9-23(10-13-37)36(2)3)29-19-24(11-15-39(29)32(42)43)38-14-8-22-6-4-5-7-28(22)35-31(38)41/h4-7,17-18,23-25,29H,8-16,19H2,1-3H3,(H,35,41)(H,42,43)/t24?,25?,29-/m1/s1. The van der Waals surface area contributed by atoms with Crippen molar-refractivity contribution in [2.75, 3.05) is 45.6 Å². The zero-order chi connectivity index (χ0) is 30.8. The Morgan fingerprint density at radius 2 is 1.72 bits per heavy atom. The van der Waals surface area contributed by atoms with E-state index in [1.54, 1.807) is 0 Å². The van der Waals surface area contributed by atoms with Gasteiger partial charge in [0.25, 0.3) is 0 Å². The number of nitrogens with one attached hydrogen (secondary N) is 1. The Bertz CT molecular complexity index is 1340. The first kappa shape index (κ1) is 31.8. The van der Waals surface area contributed by atoms with Crippen LogP contribution in [-0.2, 0) is 17.6 Å². The lowest BCUT2D eigenvalue weighted by Gasteiger charge is -2.46. The third-order valence-electron chi connectivity index (χ3n) is 9.53. The van der Waals surface area contributed by atoms with Gasteiger partial charge in [-0.2, -0.15) is 0 Å². The normalized spacial score (nSPS) is 22.2. The molecular formula is C32H41Br2N5O4. The van der Waals surface area contributed by atoms with Crippen LogP contribution in [0.4, 0.5) is 15.3 Å². The molecule has 5 rings (SSSR count). The molecule has 43 heavy (non-hydrogen) atoms. The minimum atomic E-state index is -1.02. The second-order valence-electron chi connectivity index (χ2n) is 12.3. The molecule has 3 heterocycles. The SMILES string of the molecule is Cc1c(Br)cc(CC(C(=O)N2CCC(N(C)C)CC2)[C@H]2CC(N3CCc4ccccc4NC3=O)CCN2C(=O)O)cc1Br. The topological polar surface area (TPSA) is 96.4 Å². The van der Waals surface area contributed by atoms with Gasteiger partial charge in [-0.15, -0.1) is 0 Å². The minimum Gasteiger partial charge on any atom is -0.465 e. The van der Waals surface area contributed by atoms with Crippen molar-refractivity contribution in [3.8, 4) is 0 Å². The van der Waals surface area contributed by atoms with Crippen LogP contribution in [0.1, 0.15) is 42.4 Å². The van der Waals surface area contributed by atoms with Crippen LogP contribution in [0.5, 0.6) is 0 Å². The number of urea groups is 1. The quantitative estimate of drug-likeness (QED) is 0.392. The zero-order valence-corrected chi connectivity index (χ0v) is 28.2. The zero-order valence-electron chi connectivity index (χ0n) is 25.1. The first-order valence-electron chi connectivity index (χ1n) is 15.1. The number of halogens is 2. The van der Waals surface area contributed by atoms with Gasteiger partial charge in [0.05, 0.1) is 5.92 Å². The van der Waals surface area contributed by atoms with Gasteiger partial charge in [0.1, 0.15) is 0 Å². The minimum absolute atomic E-state index is 0.00495. The van der Waals surface area contributed by atoms with E-state index < -0.39 is 18.1 Å². The summed E-state index contributed by atoms with van der Waals surface area (Å²) in [5, 5.41) is 13.4. The summed E-state index contributed by atoms with van der Waals surface area (Å²) >= 11 is 7.31. The monoisotopic (exact) mass is 717 g/mol. The Balaban J connectivity index is 1.44. The Morgan fingerprint density at radius 3 is 2.37 bits per heavy atom. The van der Waals surface area contributed by atoms with Crippen LogP contribution < -0.4 is 5.32 Å². The summed E-state index contributed by atoms with van der Waals surface area (Å²) in [6.07, 6.45) is 2.81. The number of carboxylic acid groups (broad SMARTS) is 1.